The lowest BCUT2D eigenvalue weighted by atomic mass is 10.0. The molecule has 3 aromatic carbocycles. The molecule has 0 aliphatic carbocycles. The largest absolute Gasteiger partial charge is 0.497 e. The third kappa shape index (κ3) is 5.12. The highest BCUT2D eigenvalue weighted by Crippen LogP contribution is 2.26. The molecule has 1 amide bonds. The van der Waals surface area contributed by atoms with E-state index in [1.54, 1.807) is 25.3 Å². The SMILES string of the molecule is COc1cccc(-c2ccc(CN3CCCC3C(=O)NCc3ccccc3F)cc2)c1. The molecule has 5 heteroatoms. The van der Waals surface area contributed by atoms with Crippen molar-refractivity contribution < 1.29 is 13.9 Å². The van der Waals surface area contributed by atoms with Gasteiger partial charge >= 0.3 is 0 Å². The molecule has 1 heterocycles. The molecule has 4 rings (SSSR count). The average molecular weight is 419 g/mol. The van der Waals surface area contributed by atoms with Crippen LogP contribution in [0.15, 0.2) is 72.8 Å². The van der Waals surface area contributed by atoms with E-state index in [4.69, 9.17) is 4.74 Å². The van der Waals surface area contributed by atoms with Crippen molar-refractivity contribution in [3.63, 3.8) is 0 Å². The van der Waals surface area contributed by atoms with Gasteiger partial charge in [-0.3, -0.25) is 9.69 Å². The van der Waals surface area contributed by atoms with Gasteiger partial charge in [-0.15, -0.1) is 0 Å². The van der Waals surface area contributed by atoms with Crippen LogP contribution in [0.1, 0.15) is 24.0 Å². The second kappa shape index (κ2) is 9.75. The molecule has 31 heavy (non-hydrogen) atoms. The first-order chi connectivity index (χ1) is 15.1. The van der Waals surface area contributed by atoms with Crippen molar-refractivity contribution in [1.29, 1.82) is 0 Å². The number of nitrogens with one attached hydrogen (secondary N) is 1. The fourth-order valence-corrected chi connectivity index (χ4v) is 4.09. The van der Waals surface area contributed by atoms with Crippen molar-refractivity contribution in [1.82, 2.24) is 10.2 Å². The lowest BCUT2D eigenvalue weighted by Crippen LogP contribution is -2.42. The van der Waals surface area contributed by atoms with E-state index >= 15 is 0 Å². The molecule has 0 spiro atoms. The predicted octanol–water partition coefficient (Wildman–Crippen LogP) is 4.78. The number of rotatable bonds is 7. The van der Waals surface area contributed by atoms with Gasteiger partial charge in [0.1, 0.15) is 11.6 Å². The third-order valence-electron chi connectivity index (χ3n) is 5.82. The molecule has 3 aromatic rings. The van der Waals surface area contributed by atoms with Crippen LogP contribution in [0.5, 0.6) is 5.75 Å². The zero-order chi connectivity index (χ0) is 21.6. The standard InChI is InChI=1S/C26H27FN2O2/c1-31-23-8-4-7-21(16-23)20-13-11-19(12-14-20)18-29-15-5-10-25(29)26(30)28-17-22-6-2-3-9-24(22)27/h2-4,6-9,11-14,16,25H,5,10,15,17-18H2,1H3,(H,28,30). The Hall–Kier alpha value is -3.18. The van der Waals surface area contributed by atoms with Crippen LogP contribution in [0.4, 0.5) is 4.39 Å². The lowest BCUT2D eigenvalue weighted by Gasteiger charge is -2.24. The molecule has 0 saturated carbocycles. The zero-order valence-electron chi connectivity index (χ0n) is 17.7. The predicted molar refractivity (Wildman–Crippen MR) is 120 cm³/mol. The summed E-state index contributed by atoms with van der Waals surface area (Å²) in [7, 11) is 1.67. The van der Waals surface area contributed by atoms with Gasteiger partial charge in [0, 0.05) is 18.7 Å². The Morgan fingerprint density at radius 2 is 1.87 bits per heavy atom. The number of nitrogens with zero attached hydrogens (tertiary/aromatic N) is 1. The Balaban J connectivity index is 1.38. The Labute approximate surface area is 182 Å². The van der Waals surface area contributed by atoms with E-state index in [2.05, 4.69) is 40.5 Å². The van der Waals surface area contributed by atoms with Crippen molar-refractivity contribution in [2.45, 2.75) is 32.0 Å². The molecule has 1 atom stereocenters. The molecular formula is C26H27FN2O2. The van der Waals surface area contributed by atoms with E-state index in [9.17, 15) is 9.18 Å². The molecule has 160 valence electrons. The highest BCUT2D eigenvalue weighted by atomic mass is 19.1. The maximum atomic E-state index is 13.8. The van der Waals surface area contributed by atoms with Crippen molar-refractivity contribution in [2.75, 3.05) is 13.7 Å². The summed E-state index contributed by atoms with van der Waals surface area (Å²) in [6, 6.07) is 22.8. The summed E-state index contributed by atoms with van der Waals surface area (Å²) in [6.07, 6.45) is 1.81. The topological polar surface area (TPSA) is 41.6 Å². The highest BCUT2D eigenvalue weighted by Gasteiger charge is 2.30. The van der Waals surface area contributed by atoms with Crippen LogP contribution in [0.3, 0.4) is 0 Å². The van der Waals surface area contributed by atoms with E-state index in [1.807, 2.05) is 18.2 Å². The summed E-state index contributed by atoms with van der Waals surface area (Å²) in [5.41, 5.74) is 3.91. The number of benzene rings is 3. The monoisotopic (exact) mass is 418 g/mol. The number of hydrogen-bond donors (Lipinski definition) is 1. The van der Waals surface area contributed by atoms with Gasteiger partial charge in [0.2, 0.25) is 5.91 Å². The Morgan fingerprint density at radius 3 is 2.65 bits per heavy atom. The van der Waals surface area contributed by atoms with Gasteiger partial charge in [-0.05, 0) is 54.3 Å². The van der Waals surface area contributed by atoms with E-state index < -0.39 is 0 Å². The first-order valence-corrected chi connectivity index (χ1v) is 10.6. The molecule has 1 aliphatic rings. The van der Waals surface area contributed by atoms with Crippen LogP contribution in [0, 0.1) is 5.82 Å². The van der Waals surface area contributed by atoms with Crippen LogP contribution < -0.4 is 10.1 Å². The first-order valence-electron chi connectivity index (χ1n) is 10.6. The molecule has 1 saturated heterocycles. The van der Waals surface area contributed by atoms with Gasteiger partial charge in [0.25, 0.3) is 0 Å². The minimum Gasteiger partial charge on any atom is -0.497 e. The number of methoxy groups -OCH3 is 1. The molecule has 1 fully saturated rings. The lowest BCUT2D eigenvalue weighted by molar-refractivity contribution is -0.125. The van der Waals surface area contributed by atoms with Crippen LogP contribution in [-0.2, 0) is 17.9 Å². The molecule has 0 bridgehead atoms. The molecule has 1 N–H and O–H groups in total. The summed E-state index contributed by atoms with van der Waals surface area (Å²) < 4.78 is 19.1. The van der Waals surface area contributed by atoms with Crippen molar-refractivity contribution in [3.8, 4) is 16.9 Å². The number of likely N-dealkylation sites (tertiary alicyclic amines) is 1. The van der Waals surface area contributed by atoms with Crippen molar-refractivity contribution in [2.24, 2.45) is 0 Å². The molecule has 1 unspecified atom stereocenters. The van der Waals surface area contributed by atoms with Crippen LogP contribution in [0.25, 0.3) is 11.1 Å². The van der Waals surface area contributed by atoms with E-state index in [0.717, 1.165) is 42.8 Å². The number of hydrogen-bond acceptors (Lipinski definition) is 3. The van der Waals surface area contributed by atoms with Gasteiger partial charge in [0.15, 0.2) is 0 Å². The minimum atomic E-state index is -0.290. The molecule has 0 radical (unpaired) electrons. The van der Waals surface area contributed by atoms with E-state index in [-0.39, 0.29) is 24.3 Å². The second-order valence-corrected chi connectivity index (χ2v) is 7.87. The van der Waals surface area contributed by atoms with Gasteiger partial charge in [-0.2, -0.15) is 0 Å². The van der Waals surface area contributed by atoms with Crippen LogP contribution in [-0.4, -0.2) is 30.5 Å². The number of carbonyl (C=O) groups excluding carboxylic acids is 1. The second-order valence-electron chi connectivity index (χ2n) is 7.87. The first kappa shape index (κ1) is 21.1. The minimum absolute atomic E-state index is 0.0336. The fourth-order valence-electron chi connectivity index (χ4n) is 4.09. The fraction of sp³-hybridized carbons (Fsp3) is 0.269. The quantitative estimate of drug-likeness (QED) is 0.600. The van der Waals surface area contributed by atoms with Crippen molar-refractivity contribution in [3.05, 3.63) is 89.7 Å². The Morgan fingerprint density at radius 1 is 1.06 bits per heavy atom. The maximum Gasteiger partial charge on any atom is 0.237 e. The molecule has 4 nitrogen and oxygen atoms in total. The number of halogens is 1. The smallest absolute Gasteiger partial charge is 0.237 e. The van der Waals surface area contributed by atoms with Gasteiger partial charge in [0.05, 0.1) is 13.2 Å². The van der Waals surface area contributed by atoms with Crippen molar-refractivity contribution >= 4 is 5.91 Å². The average Bonchev–Trinajstić information content (AvgIpc) is 3.27. The third-order valence-corrected chi connectivity index (χ3v) is 5.82. The van der Waals surface area contributed by atoms with Gasteiger partial charge in [-0.25, -0.2) is 4.39 Å². The van der Waals surface area contributed by atoms with Crippen LogP contribution in [0.2, 0.25) is 0 Å². The highest BCUT2D eigenvalue weighted by molar-refractivity contribution is 5.82. The number of amides is 1. The maximum absolute atomic E-state index is 13.8. The van der Waals surface area contributed by atoms with E-state index in [0.29, 0.717) is 5.56 Å². The summed E-state index contributed by atoms with van der Waals surface area (Å²) in [5, 5.41) is 2.91. The van der Waals surface area contributed by atoms with Gasteiger partial charge in [-0.1, -0.05) is 54.6 Å². The Kier molecular flexibility index (Phi) is 6.63. The van der Waals surface area contributed by atoms with Gasteiger partial charge < -0.3 is 10.1 Å². The van der Waals surface area contributed by atoms with Crippen LogP contribution >= 0.6 is 0 Å². The molecular weight excluding hydrogens is 391 g/mol. The number of ether oxygens (including phenoxy) is 1. The Bertz CT molecular complexity index is 1040. The summed E-state index contributed by atoms with van der Waals surface area (Å²) in [5.74, 6) is 0.513. The number of carbonyl (C=O) groups is 1. The summed E-state index contributed by atoms with van der Waals surface area (Å²) in [4.78, 5) is 14.9. The molecule has 0 aromatic heterocycles. The van der Waals surface area contributed by atoms with E-state index in [1.165, 1.54) is 11.6 Å². The summed E-state index contributed by atoms with van der Waals surface area (Å²) >= 11 is 0. The zero-order valence-corrected chi connectivity index (χ0v) is 17.7. The summed E-state index contributed by atoms with van der Waals surface area (Å²) in [6.45, 7) is 1.82. The normalized spacial score (nSPS) is 16.3. The molecule has 1 aliphatic heterocycles.